The first-order valence-electron chi connectivity index (χ1n) is 7.78. The molecule has 0 radical (unpaired) electrons. The topological polar surface area (TPSA) is 144 Å². The van der Waals surface area contributed by atoms with Gasteiger partial charge in [0.05, 0.1) is 9.82 Å². The van der Waals surface area contributed by atoms with Gasteiger partial charge in [0.15, 0.2) is 9.84 Å². The molecule has 1 N–H and O–H groups in total. The number of rotatable bonds is 7. The molecule has 2 aromatic carbocycles. The van der Waals surface area contributed by atoms with E-state index in [9.17, 15) is 28.1 Å². The number of carbonyl (C=O) groups is 2. The number of nitro groups is 1. The standard InChI is InChI=1S/C17H16N2O8S/c1-28(25,26)13-7-8-14(15(9-13)19(23)24)18(10-16(20)21)17(22)27-11-12-5-3-2-4-6-12/h2-9H,10-11H2,1H3,(H,20,21). The maximum absolute atomic E-state index is 12.4. The van der Waals surface area contributed by atoms with E-state index in [-0.39, 0.29) is 11.5 Å². The van der Waals surface area contributed by atoms with Crippen LogP contribution in [0, 0.1) is 10.1 Å². The summed E-state index contributed by atoms with van der Waals surface area (Å²) in [7, 11) is -3.75. The quantitative estimate of drug-likeness (QED) is 0.542. The molecule has 28 heavy (non-hydrogen) atoms. The summed E-state index contributed by atoms with van der Waals surface area (Å²) in [4.78, 5) is 34.3. The number of amides is 1. The van der Waals surface area contributed by atoms with E-state index in [2.05, 4.69) is 0 Å². The fourth-order valence-electron chi connectivity index (χ4n) is 2.29. The van der Waals surface area contributed by atoms with Crippen molar-refractivity contribution >= 4 is 33.3 Å². The van der Waals surface area contributed by atoms with E-state index in [1.807, 2.05) is 0 Å². The predicted octanol–water partition coefficient (Wildman–Crippen LogP) is 2.23. The Morgan fingerprint density at radius 1 is 1.18 bits per heavy atom. The minimum Gasteiger partial charge on any atom is -0.480 e. The molecule has 0 aliphatic rings. The molecular formula is C17H16N2O8S. The number of sulfone groups is 1. The molecule has 0 aliphatic carbocycles. The lowest BCUT2D eigenvalue weighted by Gasteiger charge is -2.20. The number of anilines is 1. The Bertz CT molecular complexity index is 1010. The van der Waals surface area contributed by atoms with Gasteiger partial charge in [0.2, 0.25) is 0 Å². The highest BCUT2D eigenvalue weighted by Gasteiger charge is 2.29. The van der Waals surface area contributed by atoms with Crippen molar-refractivity contribution in [1.82, 2.24) is 0 Å². The van der Waals surface area contributed by atoms with Crippen LogP contribution < -0.4 is 4.90 Å². The fraction of sp³-hybridized carbons (Fsp3) is 0.176. The molecule has 0 fully saturated rings. The van der Waals surface area contributed by atoms with Crippen molar-refractivity contribution in [1.29, 1.82) is 0 Å². The molecule has 11 heteroatoms. The zero-order valence-corrected chi connectivity index (χ0v) is 15.5. The van der Waals surface area contributed by atoms with Crippen molar-refractivity contribution in [3.8, 4) is 0 Å². The summed E-state index contributed by atoms with van der Waals surface area (Å²) in [6.07, 6.45) is -0.254. The Morgan fingerprint density at radius 3 is 2.36 bits per heavy atom. The van der Waals surface area contributed by atoms with Crippen molar-refractivity contribution in [2.24, 2.45) is 0 Å². The largest absolute Gasteiger partial charge is 0.480 e. The van der Waals surface area contributed by atoms with Gasteiger partial charge < -0.3 is 9.84 Å². The van der Waals surface area contributed by atoms with E-state index in [0.717, 1.165) is 24.5 Å². The molecule has 0 aromatic heterocycles. The summed E-state index contributed by atoms with van der Waals surface area (Å²) in [5.41, 5.74) is -0.494. The van der Waals surface area contributed by atoms with Gasteiger partial charge in [-0.1, -0.05) is 30.3 Å². The average molecular weight is 408 g/mol. The van der Waals surface area contributed by atoms with Gasteiger partial charge in [-0.25, -0.2) is 13.2 Å². The lowest BCUT2D eigenvalue weighted by atomic mass is 10.2. The van der Waals surface area contributed by atoms with E-state index >= 15 is 0 Å². The van der Waals surface area contributed by atoms with Gasteiger partial charge in [0, 0.05) is 12.3 Å². The van der Waals surface area contributed by atoms with Crippen LogP contribution in [0.15, 0.2) is 53.4 Å². The monoisotopic (exact) mass is 408 g/mol. The second-order valence-electron chi connectivity index (χ2n) is 5.70. The van der Waals surface area contributed by atoms with E-state index in [1.165, 1.54) is 0 Å². The number of benzene rings is 2. The van der Waals surface area contributed by atoms with Gasteiger partial charge in [-0.2, -0.15) is 0 Å². The molecule has 0 atom stereocenters. The molecule has 0 spiro atoms. The molecule has 2 aromatic rings. The van der Waals surface area contributed by atoms with Gasteiger partial charge >= 0.3 is 12.1 Å². The van der Waals surface area contributed by atoms with Crippen LogP contribution in [-0.4, -0.2) is 43.3 Å². The number of hydrogen-bond acceptors (Lipinski definition) is 7. The van der Waals surface area contributed by atoms with Gasteiger partial charge in [0.1, 0.15) is 18.8 Å². The highest BCUT2D eigenvalue weighted by Crippen LogP contribution is 2.31. The van der Waals surface area contributed by atoms with Crippen LogP contribution in [-0.2, 0) is 26.0 Å². The Balaban J connectivity index is 2.40. The number of nitro benzene ring substituents is 1. The number of carboxylic acids is 1. The number of ether oxygens (including phenoxy) is 1. The zero-order chi connectivity index (χ0) is 20.9. The summed E-state index contributed by atoms with van der Waals surface area (Å²) in [6.45, 7) is -1.09. The van der Waals surface area contributed by atoms with Crippen molar-refractivity contribution in [2.75, 3.05) is 17.7 Å². The Labute approximate surface area is 160 Å². The second kappa shape index (κ2) is 8.48. The van der Waals surface area contributed by atoms with Gasteiger partial charge in [-0.05, 0) is 17.7 Å². The van der Waals surface area contributed by atoms with E-state index in [1.54, 1.807) is 30.3 Å². The highest BCUT2D eigenvalue weighted by molar-refractivity contribution is 7.90. The van der Waals surface area contributed by atoms with Crippen molar-refractivity contribution in [3.05, 3.63) is 64.2 Å². The van der Waals surface area contributed by atoms with Crippen molar-refractivity contribution in [2.45, 2.75) is 11.5 Å². The molecule has 0 bridgehead atoms. The maximum Gasteiger partial charge on any atom is 0.415 e. The number of hydrogen-bond donors (Lipinski definition) is 1. The van der Waals surface area contributed by atoms with Gasteiger partial charge in [-0.3, -0.25) is 19.8 Å². The zero-order valence-electron chi connectivity index (χ0n) is 14.6. The molecule has 0 saturated heterocycles. The minimum absolute atomic E-state index is 0.176. The third kappa shape index (κ3) is 5.27. The summed E-state index contributed by atoms with van der Waals surface area (Å²) < 4.78 is 28.3. The number of carboxylic acid groups (broad SMARTS) is 1. The van der Waals surface area contributed by atoms with Crippen LogP contribution in [0.5, 0.6) is 0 Å². The third-order valence-electron chi connectivity index (χ3n) is 3.58. The smallest absolute Gasteiger partial charge is 0.415 e. The molecule has 1 amide bonds. The van der Waals surface area contributed by atoms with Crippen LogP contribution in [0.2, 0.25) is 0 Å². The molecule has 0 saturated carbocycles. The fourth-order valence-corrected chi connectivity index (χ4v) is 2.93. The van der Waals surface area contributed by atoms with Crippen LogP contribution in [0.25, 0.3) is 0 Å². The lowest BCUT2D eigenvalue weighted by Crippen LogP contribution is -2.36. The predicted molar refractivity (Wildman–Crippen MR) is 97.8 cm³/mol. The normalized spacial score (nSPS) is 10.9. The van der Waals surface area contributed by atoms with Crippen LogP contribution in [0.1, 0.15) is 5.56 Å². The third-order valence-corrected chi connectivity index (χ3v) is 4.69. The number of aliphatic carboxylic acids is 1. The lowest BCUT2D eigenvalue weighted by molar-refractivity contribution is -0.384. The summed E-state index contributed by atoms with van der Waals surface area (Å²) >= 11 is 0. The molecule has 10 nitrogen and oxygen atoms in total. The first-order valence-corrected chi connectivity index (χ1v) is 9.67. The average Bonchev–Trinajstić information content (AvgIpc) is 2.63. The van der Waals surface area contributed by atoms with Crippen LogP contribution in [0.4, 0.5) is 16.2 Å². The molecule has 148 valence electrons. The van der Waals surface area contributed by atoms with Gasteiger partial charge in [-0.15, -0.1) is 0 Å². The second-order valence-corrected chi connectivity index (χ2v) is 7.72. The summed E-state index contributed by atoms with van der Waals surface area (Å²) in [5, 5.41) is 20.5. The minimum atomic E-state index is -3.75. The van der Waals surface area contributed by atoms with E-state index in [0.29, 0.717) is 10.5 Å². The van der Waals surface area contributed by atoms with Crippen LogP contribution >= 0.6 is 0 Å². The van der Waals surface area contributed by atoms with Crippen LogP contribution in [0.3, 0.4) is 0 Å². The summed E-state index contributed by atoms with van der Waals surface area (Å²) in [5.74, 6) is -1.43. The van der Waals surface area contributed by atoms with Crippen molar-refractivity contribution in [3.63, 3.8) is 0 Å². The Hall–Kier alpha value is -3.47. The molecule has 0 heterocycles. The molecular weight excluding hydrogens is 392 g/mol. The Kier molecular flexibility index (Phi) is 6.31. The van der Waals surface area contributed by atoms with E-state index < -0.39 is 44.7 Å². The maximum atomic E-state index is 12.4. The Morgan fingerprint density at radius 2 is 1.82 bits per heavy atom. The van der Waals surface area contributed by atoms with E-state index in [4.69, 9.17) is 9.84 Å². The number of nitrogens with zero attached hydrogens (tertiary/aromatic N) is 2. The first-order chi connectivity index (χ1) is 13.1. The van der Waals surface area contributed by atoms with Crippen molar-refractivity contribution < 1.29 is 32.8 Å². The number of carbonyl (C=O) groups excluding carboxylic acids is 1. The first kappa shape index (κ1) is 20.8. The summed E-state index contributed by atoms with van der Waals surface area (Å²) in [6, 6.07) is 11.4. The molecule has 0 aliphatic heterocycles. The van der Waals surface area contributed by atoms with Gasteiger partial charge in [0.25, 0.3) is 5.69 Å². The molecule has 2 rings (SSSR count). The highest BCUT2D eigenvalue weighted by atomic mass is 32.2. The SMILES string of the molecule is CS(=O)(=O)c1ccc(N(CC(=O)O)C(=O)OCc2ccccc2)c([N+](=O)[O-])c1. The molecule has 0 unspecified atom stereocenters.